The van der Waals surface area contributed by atoms with Crippen molar-refractivity contribution in [2.45, 2.75) is 63.1 Å². The summed E-state index contributed by atoms with van der Waals surface area (Å²) in [5.41, 5.74) is 15.0. The number of amides is 4. The van der Waals surface area contributed by atoms with Crippen molar-refractivity contribution in [2.75, 3.05) is 29.1 Å². The average molecular weight is 813 g/mol. The Morgan fingerprint density at radius 2 is 1.35 bits per heavy atom. The average Bonchev–Trinajstić information content (AvgIpc) is 4.00. The van der Waals surface area contributed by atoms with Crippen molar-refractivity contribution in [1.82, 2.24) is 4.90 Å². The van der Waals surface area contributed by atoms with E-state index in [1.165, 1.54) is 0 Å². The smallest absolute Gasteiger partial charge is 0.482 e. The summed E-state index contributed by atoms with van der Waals surface area (Å²) >= 11 is 0. The number of carbonyl (C=O) groups is 6. The van der Waals surface area contributed by atoms with Crippen LogP contribution in [0.2, 0.25) is 0 Å². The molecule has 57 heavy (non-hydrogen) atoms. The molecule has 308 valence electrons. The van der Waals surface area contributed by atoms with Crippen molar-refractivity contribution in [3.8, 4) is 5.75 Å². The van der Waals surface area contributed by atoms with E-state index < -0.39 is 30.3 Å². The fourth-order valence-electron chi connectivity index (χ4n) is 4.80. The van der Waals surface area contributed by atoms with Crippen molar-refractivity contribution in [3.63, 3.8) is 0 Å². The normalized spacial score (nSPS) is 13.7. The number of rotatable bonds is 12. The Bertz CT molecular complexity index is 1880. The molecule has 0 saturated heterocycles. The lowest BCUT2D eigenvalue weighted by Crippen LogP contribution is -2.35. The molecule has 2 aliphatic rings. The van der Waals surface area contributed by atoms with E-state index in [0.717, 1.165) is 31.2 Å². The number of nitrogens with zero attached hydrogens (tertiary/aromatic N) is 1. The number of alkyl halides is 6. The molecule has 0 bridgehead atoms. The number of nitrogens with two attached hydrogens (primary N) is 2. The van der Waals surface area contributed by atoms with E-state index in [4.69, 9.17) is 36.0 Å². The third-order valence-electron chi connectivity index (χ3n) is 7.88. The summed E-state index contributed by atoms with van der Waals surface area (Å²) in [4.78, 5) is 69.7. The van der Waals surface area contributed by atoms with Gasteiger partial charge in [0.25, 0.3) is 17.7 Å². The van der Waals surface area contributed by atoms with Crippen LogP contribution in [0, 0.1) is 0 Å². The number of carbonyl (C=O) groups excluding carboxylic acids is 4. The number of carboxylic acids is 2. The first kappa shape index (κ1) is 45.2. The van der Waals surface area contributed by atoms with E-state index in [0.29, 0.717) is 53.4 Å². The van der Waals surface area contributed by atoms with E-state index >= 15 is 0 Å². The zero-order valence-corrected chi connectivity index (χ0v) is 29.8. The van der Waals surface area contributed by atoms with Crippen molar-refractivity contribution in [3.05, 3.63) is 83.4 Å². The molecule has 4 amide bonds. The molecule has 3 aromatic carbocycles. The van der Waals surface area contributed by atoms with Crippen LogP contribution in [0.1, 0.15) is 58.4 Å². The molecular weight excluding hydrogens is 774 g/mol. The van der Waals surface area contributed by atoms with Crippen LogP contribution in [0.3, 0.4) is 0 Å². The molecule has 1 saturated carbocycles. The van der Waals surface area contributed by atoms with Crippen LogP contribution >= 0.6 is 0 Å². The van der Waals surface area contributed by atoms with Crippen LogP contribution in [0.4, 0.5) is 43.4 Å². The second kappa shape index (κ2) is 20.1. The summed E-state index contributed by atoms with van der Waals surface area (Å²) in [6.07, 6.45) is -6.10. The minimum absolute atomic E-state index is 0.0775. The van der Waals surface area contributed by atoms with E-state index in [9.17, 15) is 45.5 Å². The van der Waals surface area contributed by atoms with Gasteiger partial charge >= 0.3 is 24.3 Å². The van der Waals surface area contributed by atoms with Gasteiger partial charge in [0.2, 0.25) is 5.91 Å². The SMILES string of the molecule is NCCCC[C@H](N)C(=O)Nc1ccc(NC(=O)c2ccc(CN(C(=O)c3ccc4c(c3)OCC(=O)N4)C3CC3)cc2)cc1.O=C(O)C(F)(F)F.O=C(O)C(F)(F)F. The Kier molecular flexibility index (Phi) is 15.9. The number of benzene rings is 3. The van der Waals surface area contributed by atoms with Gasteiger partial charge in [-0.3, -0.25) is 19.2 Å². The summed E-state index contributed by atoms with van der Waals surface area (Å²) in [6, 6.07) is 18.6. The number of fused-ring (bicyclic) bond motifs is 1. The molecule has 1 heterocycles. The summed E-state index contributed by atoms with van der Waals surface area (Å²) in [6.45, 7) is 0.901. The molecule has 0 radical (unpaired) electrons. The molecule has 0 unspecified atom stereocenters. The fraction of sp³-hybridized carbons (Fsp3) is 0.333. The standard InChI is InChI=1S/C32H36N6O5.2C2HF3O2/c33-16-2-1-3-26(34)31(41)36-24-11-9-23(10-12-24)35-30(40)21-6-4-20(5-7-21)18-38(25-13-14-25)32(42)22-8-15-27-28(17-22)43-19-29(39)37-27;2*3-2(4,5)1(6)7/h4-12,15,17,25-26H,1-3,13-14,16,18-19,33-34H2,(H,35,40)(H,36,41)(H,37,39);2*(H,6,7)/t26-;;/m0../s1. The van der Waals surface area contributed by atoms with Gasteiger partial charge in [-0.05, 0) is 92.4 Å². The van der Waals surface area contributed by atoms with Gasteiger partial charge in [0.15, 0.2) is 6.61 Å². The van der Waals surface area contributed by atoms with Crippen LogP contribution in [-0.2, 0) is 25.7 Å². The van der Waals surface area contributed by atoms with Gasteiger partial charge in [0, 0.05) is 35.1 Å². The van der Waals surface area contributed by atoms with Crippen molar-refractivity contribution in [2.24, 2.45) is 11.5 Å². The monoisotopic (exact) mass is 812 g/mol. The van der Waals surface area contributed by atoms with Crippen molar-refractivity contribution >= 4 is 52.6 Å². The number of ether oxygens (including phenoxy) is 1. The van der Waals surface area contributed by atoms with E-state index in [-0.39, 0.29) is 36.3 Å². The molecule has 5 rings (SSSR count). The number of anilines is 3. The molecule has 0 aromatic heterocycles. The number of aliphatic carboxylic acids is 2. The van der Waals surface area contributed by atoms with Gasteiger partial charge in [-0.1, -0.05) is 18.6 Å². The molecule has 1 aliphatic heterocycles. The number of unbranched alkanes of at least 4 members (excludes halogenated alkanes) is 1. The van der Waals surface area contributed by atoms with Gasteiger partial charge in [0.05, 0.1) is 11.7 Å². The van der Waals surface area contributed by atoms with Crippen LogP contribution in [0.15, 0.2) is 66.7 Å². The summed E-state index contributed by atoms with van der Waals surface area (Å²) in [5.74, 6) is -5.91. The lowest BCUT2D eigenvalue weighted by molar-refractivity contribution is -0.193. The minimum atomic E-state index is -5.08. The number of hydrogen-bond acceptors (Lipinski definition) is 9. The molecule has 1 aliphatic carbocycles. The van der Waals surface area contributed by atoms with Crippen LogP contribution in [0.5, 0.6) is 5.75 Å². The predicted octanol–water partition coefficient (Wildman–Crippen LogP) is 4.74. The van der Waals surface area contributed by atoms with E-state index in [1.54, 1.807) is 54.6 Å². The second-order valence-corrected chi connectivity index (χ2v) is 12.4. The predicted molar refractivity (Wildman–Crippen MR) is 191 cm³/mol. The zero-order valence-electron chi connectivity index (χ0n) is 29.8. The van der Waals surface area contributed by atoms with E-state index in [1.807, 2.05) is 17.0 Å². The van der Waals surface area contributed by atoms with Gasteiger partial charge in [-0.25, -0.2) is 9.59 Å². The highest BCUT2D eigenvalue weighted by Crippen LogP contribution is 2.33. The molecule has 1 fully saturated rings. The quantitative estimate of drug-likeness (QED) is 0.0973. The molecule has 3 aromatic rings. The first-order valence-corrected chi connectivity index (χ1v) is 16.9. The molecular formula is C36H38F6N6O9. The van der Waals surface area contributed by atoms with Gasteiger partial charge in [0.1, 0.15) is 5.75 Å². The fourth-order valence-corrected chi connectivity index (χ4v) is 4.80. The molecule has 0 spiro atoms. The third-order valence-corrected chi connectivity index (χ3v) is 7.88. The highest BCUT2D eigenvalue weighted by atomic mass is 19.4. The Hall–Kier alpha value is -6.22. The maximum atomic E-state index is 13.4. The number of halogens is 6. The van der Waals surface area contributed by atoms with Crippen molar-refractivity contribution < 1.29 is 70.1 Å². The third kappa shape index (κ3) is 14.7. The number of carboxylic acid groups (broad SMARTS) is 2. The Labute approximate surface area is 320 Å². The van der Waals surface area contributed by atoms with Crippen LogP contribution < -0.4 is 32.2 Å². The van der Waals surface area contributed by atoms with Crippen LogP contribution in [0.25, 0.3) is 0 Å². The zero-order chi connectivity index (χ0) is 42.5. The number of nitrogens with one attached hydrogen (secondary N) is 3. The molecule has 15 nitrogen and oxygen atoms in total. The van der Waals surface area contributed by atoms with Gasteiger partial charge in [-0.15, -0.1) is 0 Å². The van der Waals surface area contributed by atoms with Gasteiger partial charge < -0.3 is 47.3 Å². The number of hydrogen-bond donors (Lipinski definition) is 7. The summed E-state index contributed by atoms with van der Waals surface area (Å²) < 4.78 is 69.0. The van der Waals surface area contributed by atoms with E-state index in [2.05, 4.69) is 16.0 Å². The maximum Gasteiger partial charge on any atom is 0.490 e. The topological polar surface area (TPSA) is 243 Å². The lowest BCUT2D eigenvalue weighted by Gasteiger charge is -2.24. The maximum absolute atomic E-state index is 13.4. The van der Waals surface area contributed by atoms with Crippen molar-refractivity contribution in [1.29, 1.82) is 0 Å². The Morgan fingerprint density at radius 3 is 1.86 bits per heavy atom. The second-order valence-electron chi connectivity index (χ2n) is 12.4. The highest BCUT2D eigenvalue weighted by molar-refractivity contribution is 6.04. The molecule has 1 atom stereocenters. The first-order valence-electron chi connectivity index (χ1n) is 16.9. The molecule has 21 heteroatoms. The van der Waals surface area contributed by atoms with Crippen LogP contribution in [-0.4, -0.2) is 88.3 Å². The Morgan fingerprint density at radius 1 is 0.825 bits per heavy atom. The summed E-state index contributed by atoms with van der Waals surface area (Å²) in [5, 5.41) is 22.6. The molecule has 9 N–H and O–H groups in total. The minimum Gasteiger partial charge on any atom is -0.482 e. The Balaban J connectivity index is 0.000000531. The highest BCUT2D eigenvalue weighted by Gasteiger charge is 2.39. The summed E-state index contributed by atoms with van der Waals surface area (Å²) in [7, 11) is 0. The van der Waals surface area contributed by atoms with Gasteiger partial charge in [-0.2, -0.15) is 26.3 Å². The lowest BCUT2D eigenvalue weighted by atomic mass is 10.1. The largest absolute Gasteiger partial charge is 0.490 e. The first-order chi connectivity index (χ1) is 26.7.